The van der Waals surface area contributed by atoms with Gasteiger partial charge in [0, 0.05) is 11.9 Å². The fraction of sp³-hybridized carbons (Fsp3) is 0.0714. The van der Waals surface area contributed by atoms with Gasteiger partial charge in [-0.2, -0.15) is 0 Å². The number of anilines is 3. The number of carbonyl (C=O) groups is 2. The number of nitrogen functional groups attached to an aromatic ring is 1. The summed E-state index contributed by atoms with van der Waals surface area (Å²) in [6, 6.07) is 8.21. The lowest BCUT2D eigenvalue weighted by Crippen LogP contribution is -2.25. The Hall–Kier alpha value is -3.09. The molecule has 21 heavy (non-hydrogen) atoms. The van der Waals surface area contributed by atoms with Crippen LogP contribution in [0.3, 0.4) is 0 Å². The predicted octanol–water partition coefficient (Wildman–Crippen LogP) is 1.25. The zero-order valence-corrected chi connectivity index (χ0v) is 10.9. The van der Waals surface area contributed by atoms with Crippen LogP contribution in [0.1, 0.15) is 10.5 Å². The van der Waals surface area contributed by atoms with Crippen LogP contribution < -0.4 is 21.1 Å². The number of ether oxygens (including phenoxy) is 1. The first kappa shape index (κ1) is 12.9. The summed E-state index contributed by atoms with van der Waals surface area (Å²) in [6.45, 7) is -0.0107. The molecule has 2 amide bonds. The fourth-order valence-electron chi connectivity index (χ4n) is 1.96. The van der Waals surface area contributed by atoms with Gasteiger partial charge in [-0.3, -0.25) is 9.59 Å². The van der Waals surface area contributed by atoms with Crippen LogP contribution in [0, 0.1) is 0 Å². The minimum absolute atomic E-state index is 0.0107. The minimum Gasteiger partial charge on any atom is -0.482 e. The molecule has 7 heteroatoms. The number of rotatable bonds is 2. The highest BCUT2D eigenvalue weighted by Gasteiger charge is 2.17. The normalized spacial score (nSPS) is 12.9. The number of benzene rings is 1. The summed E-state index contributed by atoms with van der Waals surface area (Å²) in [4.78, 5) is 27.3. The van der Waals surface area contributed by atoms with Gasteiger partial charge in [-0.1, -0.05) is 0 Å². The molecule has 7 nitrogen and oxygen atoms in total. The van der Waals surface area contributed by atoms with Crippen molar-refractivity contribution in [3.05, 3.63) is 42.2 Å². The molecule has 1 aromatic heterocycles. The van der Waals surface area contributed by atoms with Crippen LogP contribution in [0.5, 0.6) is 5.75 Å². The lowest BCUT2D eigenvalue weighted by molar-refractivity contribution is -0.118. The Kier molecular flexibility index (Phi) is 3.15. The molecular weight excluding hydrogens is 272 g/mol. The van der Waals surface area contributed by atoms with Crippen LogP contribution >= 0.6 is 0 Å². The number of nitrogens with two attached hydrogens (primary N) is 1. The molecule has 0 unspecified atom stereocenters. The Bertz CT molecular complexity index is 730. The molecule has 106 valence electrons. The van der Waals surface area contributed by atoms with Crippen molar-refractivity contribution < 1.29 is 14.3 Å². The third kappa shape index (κ3) is 2.62. The molecule has 2 heterocycles. The van der Waals surface area contributed by atoms with Gasteiger partial charge in [-0.25, -0.2) is 4.98 Å². The monoisotopic (exact) mass is 284 g/mol. The first-order valence-electron chi connectivity index (χ1n) is 6.22. The van der Waals surface area contributed by atoms with E-state index in [1.165, 1.54) is 6.20 Å². The van der Waals surface area contributed by atoms with Gasteiger partial charge in [0.15, 0.2) is 12.3 Å². The van der Waals surface area contributed by atoms with E-state index in [1.54, 1.807) is 30.3 Å². The summed E-state index contributed by atoms with van der Waals surface area (Å²) >= 11 is 0. The molecule has 0 aliphatic carbocycles. The van der Waals surface area contributed by atoms with Crippen molar-refractivity contribution in [1.29, 1.82) is 0 Å². The van der Waals surface area contributed by atoms with Gasteiger partial charge in [0.2, 0.25) is 0 Å². The number of amides is 2. The standard InChI is InChI=1S/C14H12N4O3/c15-9-2-1-5-16-13(9)14(20)17-8-3-4-11-10(6-8)18-12(19)7-21-11/h1-6H,7,15H2,(H,17,20)(H,18,19). The second-order valence-corrected chi connectivity index (χ2v) is 4.44. The number of aromatic nitrogens is 1. The van der Waals surface area contributed by atoms with E-state index < -0.39 is 5.91 Å². The van der Waals surface area contributed by atoms with Crippen molar-refractivity contribution in [3.8, 4) is 5.75 Å². The topological polar surface area (TPSA) is 106 Å². The number of nitrogens with one attached hydrogen (secondary N) is 2. The number of hydrogen-bond acceptors (Lipinski definition) is 5. The Balaban J connectivity index is 1.82. The smallest absolute Gasteiger partial charge is 0.276 e. The highest BCUT2D eigenvalue weighted by atomic mass is 16.5. The molecule has 1 aliphatic rings. The van der Waals surface area contributed by atoms with Gasteiger partial charge in [-0.15, -0.1) is 0 Å². The van der Waals surface area contributed by atoms with Crippen LogP contribution in [0.25, 0.3) is 0 Å². The molecule has 0 radical (unpaired) electrons. The lowest BCUT2D eigenvalue weighted by Gasteiger charge is -2.18. The number of carbonyl (C=O) groups excluding carboxylic acids is 2. The second kappa shape index (κ2) is 5.12. The van der Waals surface area contributed by atoms with E-state index in [2.05, 4.69) is 15.6 Å². The Morgan fingerprint density at radius 1 is 1.38 bits per heavy atom. The highest BCUT2D eigenvalue weighted by Crippen LogP contribution is 2.30. The Morgan fingerprint density at radius 2 is 2.24 bits per heavy atom. The highest BCUT2D eigenvalue weighted by molar-refractivity contribution is 6.06. The number of fused-ring (bicyclic) bond motifs is 1. The van der Waals surface area contributed by atoms with Crippen molar-refractivity contribution in [2.45, 2.75) is 0 Å². The minimum atomic E-state index is -0.420. The van der Waals surface area contributed by atoms with Crippen molar-refractivity contribution in [2.75, 3.05) is 23.0 Å². The molecule has 3 rings (SSSR count). The van der Waals surface area contributed by atoms with Gasteiger partial charge >= 0.3 is 0 Å². The molecular formula is C14H12N4O3. The van der Waals surface area contributed by atoms with Crippen molar-refractivity contribution in [2.24, 2.45) is 0 Å². The van der Waals surface area contributed by atoms with E-state index in [0.29, 0.717) is 22.8 Å². The zero-order valence-electron chi connectivity index (χ0n) is 10.9. The third-order valence-electron chi connectivity index (χ3n) is 2.92. The SMILES string of the molecule is Nc1cccnc1C(=O)Nc1ccc2c(c1)NC(=O)CO2. The molecule has 0 fully saturated rings. The summed E-state index contributed by atoms with van der Waals surface area (Å²) in [5.74, 6) is -0.0963. The number of hydrogen-bond donors (Lipinski definition) is 3. The van der Waals surface area contributed by atoms with Gasteiger partial charge in [-0.05, 0) is 30.3 Å². The lowest BCUT2D eigenvalue weighted by atomic mass is 10.2. The summed E-state index contributed by atoms with van der Waals surface area (Å²) in [5, 5.41) is 5.34. The predicted molar refractivity (Wildman–Crippen MR) is 77.2 cm³/mol. The van der Waals surface area contributed by atoms with E-state index >= 15 is 0 Å². The Labute approximate surface area is 120 Å². The quantitative estimate of drug-likeness (QED) is 0.769. The molecule has 0 spiro atoms. The molecule has 0 saturated heterocycles. The van der Waals surface area contributed by atoms with Crippen LogP contribution in [-0.4, -0.2) is 23.4 Å². The summed E-state index contributed by atoms with van der Waals surface area (Å²) in [5.41, 5.74) is 7.17. The van der Waals surface area contributed by atoms with E-state index in [1.807, 2.05) is 0 Å². The summed E-state index contributed by atoms with van der Waals surface area (Å²) < 4.78 is 5.24. The van der Waals surface area contributed by atoms with Crippen LogP contribution in [0.2, 0.25) is 0 Å². The second-order valence-electron chi connectivity index (χ2n) is 4.44. The van der Waals surface area contributed by atoms with E-state index in [0.717, 1.165) is 0 Å². The van der Waals surface area contributed by atoms with E-state index in [4.69, 9.17) is 10.5 Å². The van der Waals surface area contributed by atoms with E-state index in [-0.39, 0.29) is 18.2 Å². The van der Waals surface area contributed by atoms with Crippen molar-refractivity contribution in [3.63, 3.8) is 0 Å². The van der Waals surface area contributed by atoms with E-state index in [9.17, 15) is 9.59 Å². The van der Waals surface area contributed by atoms with Crippen LogP contribution in [0.15, 0.2) is 36.5 Å². The fourth-order valence-corrected chi connectivity index (χ4v) is 1.96. The summed E-state index contributed by atoms with van der Waals surface area (Å²) in [6.07, 6.45) is 1.49. The maximum absolute atomic E-state index is 12.1. The van der Waals surface area contributed by atoms with Gasteiger partial charge in [0.1, 0.15) is 5.75 Å². The largest absolute Gasteiger partial charge is 0.482 e. The molecule has 0 bridgehead atoms. The summed E-state index contributed by atoms with van der Waals surface area (Å²) in [7, 11) is 0. The van der Waals surface area contributed by atoms with Gasteiger partial charge < -0.3 is 21.1 Å². The molecule has 1 aliphatic heterocycles. The maximum Gasteiger partial charge on any atom is 0.276 e. The molecule has 2 aromatic rings. The first-order chi connectivity index (χ1) is 10.1. The molecule has 4 N–H and O–H groups in total. The molecule has 0 atom stereocenters. The van der Waals surface area contributed by atoms with Crippen LogP contribution in [0.4, 0.5) is 17.1 Å². The zero-order chi connectivity index (χ0) is 14.8. The number of nitrogens with zero attached hydrogens (tertiary/aromatic N) is 1. The van der Waals surface area contributed by atoms with Gasteiger partial charge in [0.05, 0.1) is 11.4 Å². The van der Waals surface area contributed by atoms with Crippen molar-refractivity contribution >= 4 is 28.9 Å². The molecule has 0 saturated carbocycles. The maximum atomic E-state index is 12.1. The van der Waals surface area contributed by atoms with Crippen molar-refractivity contribution in [1.82, 2.24) is 4.98 Å². The van der Waals surface area contributed by atoms with Gasteiger partial charge in [0.25, 0.3) is 11.8 Å². The number of pyridine rings is 1. The average Bonchev–Trinajstić information content (AvgIpc) is 2.47. The Morgan fingerprint density at radius 3 is 3.05 bits per heavy atom. The first-order valence-corrected chi connectivity index (χ1v) is 6.22. The average molecular weight is 284 g/mol. The molecule has 1 aromatic carbocycles. The van der Waals surface area contributed by atoms with Crippen LogP contribution in [-0.2, 0) is 4.79 Å². The third-order valence-corrected chi connectivity index (χ3v) is 2.92.